The first-order valence-electron chi connectivity index (χ1n) is 7.20. The van der Waals surface area contributed by atoms with E-state index < -0.39 is 0 Å². The molecule has 3 rings (SSSR count). The van der Waals surface area contributed by atoms with Crippen LogP contribution in [0, 0.1) is 6.92 Å². The second-order valence-corrected chi connectivity index (χ2v) is 5.43. The smallest absolute Gasteiger partial charge is 0.252 e. The van der Waals surface area contributed by atoms with Crippen molar-refractivity contribution in [1.29, 1.82) is 0 Å². The molecule has 2 heteroatoms. The highest BCUT2D eigenvalue weighted by Gasteiger charge is 2.22. The van der Waals surface area contributed by atoms with Crippen molar-refractivity contribution in [2.24, 2.45) is 0 Å². The molecule has 0 aliphatic heterocycles. The zero-order valence-corrected chi connectivity index (χ0v) is 11.7. The standard InChI is InChI=1S/C18H19NO/c1-13-7-2-4-10-15(13)18(20)19-17-12-6-9-14-8-3-5-11-16(14)17/h2-5,7-8,10-11,17H,6,9,12H2,1H3,(H,19,20). The number of carbonyl (C=O) groups excluding carboxylic acids is 1. The van der Waals surface area contributed by atoms with Gasteiger partial charge in [-0.25, -0.2) is 0 Å². The minimum Gasteiger partial charge on any atom is -0.345 e. The molecule has 0 fully saturated rings. The molecule has 2 aromatic carbocycles. The first kappa shape index (κ1) is 12.9. The molecule has 1 aliphatic carbocycles. The predicted molar refractivity (Wildman–Crippen MR) is 80.8 cm³/mol. The van der Waals surface area contributed by atoms with Gasteiger partial charge in [0.2, 0.25) is 0 Å². The van der Waals surface area contributed by atoms with Crippen LogP contribution in [0.25, 0.3) is 0 Å². The van der Waals surface area contributed by atoms with Crippen LogP contribution < -0.4 is 5.32 Å². The van der Waals surface area contributed by atoms with Crippen LogP contribution >= 0.6 is 0 Å². The predicted octanol–water partition coefficient (Wildman–Crippen LogP) is 3.80. The van der Waals surface area contributed by atoms with Crippen molar-refractivity contribution >= 4 is 5.91 Å². The third-order valence-corrected chi connectivity index (χ3v) is 4.06. The molecular weight excluding hydrogens is 246 g/mol. The molecule has 0 saturated carbocycles. The fourth-order valence-electron chi connectivity index (χ4n) is 2.97. The normalized spacial score (nSPS) is 17.4. The summed E-state index contributed by atoms with van der Waals surface area (Å²) in [6.45, 7) is 1.98. The van der Waals surface area contributed by atoms with Crippen molar-refractivity contribution in [1.82, 2.24) is 5.32 Å². The lowest BCUT2D eigenvalue weighted by atomic mass is 9.87. The number of aryl methyl sites for hydroxylation is 2. The molecule has 1 N–H and O–H groups in total. The molecule has 1 atom stereocenters. The van der Waals surface area contributed by atoms with E-state index in [0.717, 1.165) is 30.4 Å². The van der Waals surface area contributed by atoms with E-state index in [2.05, 4.69) is 29.6 Å². The van der Waals surface area contributed by atoms with Crippen LogP contribution in [-0.2, 0) is 6.42 Å². The van der Waals surface area contributed by atoms with Gasteiger partial charge in [0, 0.05) is 5.56 Å². The summed E-state index contributed by atoms with van der Waals surface area (Å²) < 4.78 is 0. The lowest BCUT2D eigenvalue weighted by molar-refractivity contribution is 0.0932. The van der Waals surface area contributed by atoms with Gasteiger partial charge in [-0.05, 0) is 48.9 Å². The van der Waals surface area contributed by atoms with Gasteiger partial charge in [0.15, 0.2) is 0 Å². The average molecular weight is 265 g/mol. The molecule has 1 aliphatic rings. The van der Waals surface area contributed by atoms with Gasteiger partial charge in [-0.2, -0.15) is 0 Å². The van der Waals surface area contributed by atoms with E-state index in [9.17, 15) is 4.79 Å². The number of amides is 1. The van der Waals surface area contributed by atoms with Crippen molar-refractivity contribution in [3.63, 3.8) is 0 Å². The monoisotopic (exact) mass is 265 g/mol. The van der Waals surface area contributed by atoms with Crippen LogP contribution in [0.15, 0.2) is 48.5 Å². The molecule has 20 heavy (non-hydrogen) atoms. The van der Waals surface area contributed by atoms with E-state index in [1.165, 1.54) is 11.1 Å². The summed E-state index contributed by atoms with van der Waals surface area (Å²) in [4.78, 5) is 12.4. The summed E-state index contributed by atoms with van der Waals surface area (Å²) in [5.41, 5.74) is 4.44. The Labute approximate surface area is 119 Å². The third-order valence-electron chi connectivity index (χ3n) is 4.06. The average Bonchev–Trinajstić information content (AvgIpc) is 2.48. The molecule has 0 aromatic heterocycles. The summed E-state index contributed by atoms with van der Waals surface area (Å²) in [6.07, 6.45) is 3.28. The summed E-state index contributed by atoms with van der Waals surface area (Å²) in [5, 5.41) is 3.19. The Bertz CT molecular complexity index is 633. The maximum Gasteiger partial charge on any atom is 0.252 e. The van der Waals surface area contributed by atoms with E-state index in [-0.39, 0.29) is 11.9 Å². The van der Waals surface area contributed by atoms with Crippen LogP contribution in [0.5, 0.6) is 0 Å². The molecule has 0 heterocycles. The fourth-order valence-corrected chi connectivity index (χ4v) is 2.97. The topological polar surface area (TPSA) is 29.1 Å². The van der Waals surface area contributed by atoms with Gasteiger partial charge < -0.3 is 5.32 Å². The highest BCUT2D eigenvalue weighted by molar-refractivity contribution is 5.95. The Morgan fingerprint density at radius 3 is 2.70 bits per heavy atom. The molecule has 102 valence electrons. The molecule has 1 amide bonds. The Morgan fingerprint density at radius 2 is 1.85 bits per heavy atom. The maximum atomic E-state index is 12.4. The molecule has 0 saturated heterocycles. The van der Waals surface area contributed by atoms with Gasteiger partial charge in [-0.15, -0.1) is 0 Å². The van der Waals surface area contributed by atoms with E-state index in [0.29, 0.717) is 0 Å². The number of fused-ring (bicyclic) bond motifs is 1. The number of benzene rings is 2. The minimum atomic E-state index is 0.0322. The molecule has 2 aromatic rings. The van der Waals surface area contributed by atoms with E-state index >= 15 is 0 Å². The highest BCUT2D eigenvalue weighted by Crippen LogP contribution is 2.29. The minimum absolute atomic E-state index is 0.0322. The first-order valence-corrected chi connectivity index (χ1v) is 7.20. The zero-order chi connectivity index (χ0) is 13.9. The zero-order valence-electron chi connectivity index (χ0n) is 11.7. The lowest BCUT2D eigenvalue weighted by Gasteiger charge is -2.26. The Balaban J connectivity index is 1.83. The van der Waals surface area contributed by atoms with Crippen molar-refractivity contribution in [2.75, 3.05) is 0 Å². The number of carbonyl (C=O) groups is 1. The van der Waals surface area contributed by atoms with Crippen LogP contribution in [0.2, 0.25) is 0 Å². The first-order chi connectivity index (χ1) is 9.75. The molecular formula is C18H19NO. The Morgan fingerprint density at radius 1 is 1.10 bits per heavy atom. The van der Waals surface area contributed by atoms with E-state index in [1.54, 1.807) is 0 Å². The van der Waals surface area contributed by atoms with Gasteiger partial charge in [0.25, 0.3) is 5.91 Å². The molecule has 1 unspecified atom stereocenters. The third kappa shape index (κ3) is 2.46. The summed E-state index contributed by atoms with van der Waals surface area (Å²) in [6, 6.07) is 16.3. The van der Waals surface area contributed by atoms with Crippen molar-refractivity contribution < 1.29 is 4.79 Å². The van der Waals surface area contributed by atoms with Crippen LogP contribution in [0.4, 0.5) is 0 Å². The van der Waals surface area contributed by atoms with Crippen molar-refractivity contribution in [3.05, 3.63) is 70.8 Å². The van der Waals surface area contributed by atoms with Gasteiger partial charge in [0.05, 0.1) is 6.04 Å². The van der Waals surface area contributed by atoms with Gasteiger partial charge in [0.1, 0.15) is 0 Å². The summed E-state index contributed by atoms with van der Waals surface area (Å²) >= 11 is 0. The number of hydrogen-bond donors (Lipinski definition) is 1. The summed E-state index contributed by atoms with van der Waals surface area (Å²) in [7, 11) is 0. The summed E-state index contributed by atoms with van der Waals surface area (Å²) in [5.74, 6) is 0.0322. The largest absolute Gasteiger partial charge is 0.345 e. The number of rotatable bonds is 2. The molecule has 2 nitrogen and oxygen atoms in total. The molecule has 0 spiro atoms. The quantitative estimate of drug-likeness (QED) is 0.879. The second kappa shape index (κ2) is 5.49. The second-order valence-electron chi connectivity index (χ2n) is 5.43. The fraction of sp³-hybridized carbons (Fsp3) is 0.278. The highest BCUT2D eigenvalue weighted by atomic mass is 16.1. The van der Waals surface area contributed by atoms with Crippen molar-refractivity contribution in [2.45, 2.75) is 32.2 Å². The van der Waals surface area contributed by atoms with Gasteiger partial charge in [-0.3, -0.25) is 4.79 Å². The molecule has 0 bridgehead atoms. The maximum absolute atomic E-state index is 12.4. The van der Waals surface area contributed by atoms with Gasteiger partial charge in [-0.1, -0.05) is 42.5 Å². The van der Waals surface area contributed by atoms with Crippen LogP contribution in [-0.4, -0.2) is 5.91 Å². The van der Waals surface area contributed by atoms with E-state index in [4.69, 9.17) is 0 Å². The van der Waals surface area contributed by atoms with Gasteiger partial charge >= 0.3 is 0 Å². The van der Waals surface area contributed by atoms with Crippen LogP contribution in [0.3, 0.4) is 0 Å². The van der Waals surface area contributed by atoms with Crippen molar-refractivity contribution in [3.8, 4) is 0 Å². The number of hydrogen-bond acceptors (Lipinski definition) is 1. The van der Waals surface area contributed by atoms with Crippen LogP contribution in [0.1, 0.15) is 45.9 Å². The molecule has 0 radical (unpaired) electrons. The lowest BCUT2D eigenvalue weighted by Crippen LogP contribution is -2.31. The Kier molecular flexibility index (Phi) is 3.55. The Hall–Kier alpha value is -2.09. The van der Waals surface area contributed by atoms with E-state index in [1.807, 2.05) is 31.2 Å². The SMILES string of the molecule is Cc1ccccc1C(=O)NC1CCCc2ccccc21. The number of nitrogens with one attached hydrogen (secondary N) is 1.